The maximum absolute atomic E-state index is 5.84. The Bertz CT molecular complexity index is 541. The first-order valence-electron chi connectivity index (χ1n) is 7.12. The van der Waals surface area contributed by atoms with Crippen molar-refractivity contribution >= 4 is 0 Å². The van der Waals surface area contributed by atoms with Crippen LogP contribution in [-0.2, 0) is 12.0 Å². The highest BCUT2D eigenvalue weighted by atomic mass is 16.5. The summed E-state index contributed by atoms with van der Waals surface area (Å²) in [5.74, 6) is 1.70. The number of hydrogen-bond acceptors (Lipinski definition) is 2. The van der Waals surface area contributed by atoms with E-state index in [1.165, 1.54) is 5.56 Å². The summed E-state index contributed by atoms with van der Waals surface area (Å²) in [7, 11) is 0. The van der Waals surface area contributed by atoms with Gasteiger partial charge >= 0.3 is 0 Å². The molecule has 2 aromatic carbocycles. The molecule has 0 spiro atoms. The summed E-state index contributed by atoms with van der Waals surface area (Å²) in [4.78, 5) is 0. The Morgan fingerprint density at radius 1 is 0.900 bits per heavy atom. The molecule has 0 fully saturated rings. The molecule has 0 aliphatic rings. The second kappa shape index (κ2) is 6.10. The van der Waals surface area contributed by atoms with Gasteiger partial charge < -0.3 is 10.5 Å². The van der Waals surface area contributed by atoms with Crippen LogP contribution in [0.4, 0.5) is 0 Å². The van der Waals surface area contributed by atoms with E-state index in [9.17, 15) is 0 Å². The van der Waals surface area contributed by atoms with Gasteiger partial charge in [0.05, 0.1) is 0 Å². The summed E-state index contributed by atoms with van der Waals surface area (Å²) in [6.07, 6.45) is 1.12. The van der Waals surface area contributed by atoms with Crippen molar-refractivity contribution in [2.75, 3.05) is 0 Å². The van der Waals surface area contributed by atoms with Crippen LogP contribution < -0.4 is 10.5 Å². The van der Waals surface area contributed by atoms with Crippen molar-refractivity contribution in [2.45, 2.75) is 39.2 Å². The number of rotatable bonds is 5. The standard InChI is InChI=1S/C18H23NO/c1-4-18(2,3)15-7-11-17(12-8-15)20-16-9-5-14(13-19)6-10-16/h5-12H,4,13,19H2,1-3H3. The summed E-state index contributed by atoms with van der Waals surface area (Å²) >= 11 is 0. The van der Waals surface area contributed by atoms with Gasteiger partial charge in [0, 0.05) is 6.54 Å². The maximum atomic E-state index is 5.84. The largest absolute Gasteiger partial charge is 0.457 e. The van der Waals surface area contributed by atoms with Gasteiger partial charge in [-0.3, -0.25) is 0 Å². The quantitative estimate of drug-likeness (QED) is 0.859. The number of nitrogens with two attached hydrogens (primary N) is 1. The molecule has 2 heteroatoms. The molecule has 0 amide bonds. The van der Waals surface area contributed by atoms with E-state index >= 15 is 0 Å². The summed E-state index contributed by atoms with van der Waals surface area (Å²) < 4.78 is 5.84. The lowest BCUT2D eigenvalue weighted by atomic mass is 9.82. The normalized spacial score (nSPS) is 11.4. The molecule has 20 heavy (non-hydrogen) atoms. The van der Waals surface area contributed by atoms with Gasteiger partial charge in [-0.05, 0) is 47.2 Å². The molecule has 0 heterocycles. The first-order valence-corrected chi connectivity index (χ1v) is 7.12. The van der Waals surface area contributed by atoms with E-state index in [0.29, 0.717) is 6.54 Å². The zero-order valence-electron chi connectivity index (χ0n) is 12.5. The van der Waals surface area contributed by atoms with Gasteiger partial charge in [-0.2, -0.15) is 0 Å². The van der Waals surface area contributed by atoms with Gasteiger partial charge in [0.15, 0.2) is 0 Å². The first-order chi connectivity index (χ1) is 9.55. The van der Waals surface area contributed by atoms with Crippen molar-refractivity contribution < 1.29 is 4.74 Å². The Balaban J connectivity index is 2.10. The summed E-state index contributed by atoms with van der Waals surface area (Å²) in [5.41, 5.74) is 8.24. The Morgan fingerprint density at radius 3 is 1.85 bits per heavy atom. The summed E-state index contributed by atoms with van der Waals surface area (Å²) in [5, 5.41) is 0. The van der Waals surface area contributed by atoms with E-state index in [1.54, 1.807) is 0 Å². The highest BCUT2D eigenvalue weighted by Crippen LogP contribution is 2.29. The van der Waals surface area contributed by atoms with Gasteiger partial charge in [0.2, 0.25) is 0 Å². The van der Waals surface area contributed by atoms with Crippen molar-refractivity contribution in [3.8, 4) is 11.5 Å². The molecular formula is C18H23NO. The molecule has 0 aliphatic carbocycles. The van der Waals surface area contributed by atoms with Crippen LogP contribution in [0.1, 0.15) is 38.3 Å². The number of ether oxygens (including phenoxy) is 1. The van der Waals surface area contributed by atoms with Crippen molar-refractivity contribution in [1.82, 2.24) is 0 Å². The Labute approximate surface area is 121 Å². The molecule has 106 valence electrons. The van der Waals surface area contributed by atoms with Gasteiger partial charge in [0.1, 0.15) is 11.5 Å². The lowest BCUT2D eigenvalue weighted by Gasteiger charge is -2.23. The smallest absolute Gasteiger partial charge is 0.127 e. The van der Waals surface area contributed by atoms with Crippen LogP contribution in [-0.4, -0.2) is 0 Å². The van der Waals surface area contributed by atoms with Crippen LogP contribution in [0, 0.1) is 0 Å². The molecular weight excluding hydrogens is 246 g/mol. The van der Waals surface area contributed by atoms with E-state index in [4.69, 9.17) is 10.5 Å². The Morgan fingerprint density at radius 2 is 1.40 bits per heavy atom. The molecule has 0 radical (unpaired) electrons. The van der Waals surface area contributed by atoms with E-state index < -0.39 is 0 Å². The first kappa shape index (κ1) is 14.6. The van der Waals surface area contributed by atoms with Crippen molar-refractivity contribution in [2.24, 2.45) is 5.73 Å². The van der Waals surface area contributed by atoms with Crippen LogP contribution in [0.2, 0.25) is 0 Å². The van der Waals surface area contributed by atoms with Gasteiger partial charge in [0.25, 0.3) is 0 Å². The highest BCUT2D eigenvalue weighted by molar-refractivity contribution is 5.36. The van der Waals surface area contributed by atoms with Crippen molar-refractivity contribution in [3.63, 3.8) is 0 Å². The molecule has 0 atom stereocenters. The lowest BCUT2D eigenvalue weighted by molar-refractivity contribution is 0.478. The third-order valence-corrected chi connectivity index (χ3v) is 3.91. The molecule has 2 rings (SSSR count). The van der Waals surface area contributed by atoms with Crippen LogP contribution in [0.25, 0.3) is 0 Å². The fourth-order valence-corrected chi connectivity index (χ4v) is 2.01. The van der Waals surface area contributed by atoms with Gasteiger partial charge in [-0.1, -0.05) is 45.0 Å². The lowest BCUT2D eigenvalue weighted by Crippen LogP contribution is -2.14. The van der Waals surface area contributed by atoms with Gasteiger partial charge in [-0.25, -0.2) is 0 Å². The SMILES string of the molecule is CCC(C)(C)c1ccc(Oc2ccc(CN)cc2)cc1. The van der Waals surface area contributed by atoms with Crippen LogP contribution in [0.5, 0.6) is 11.5 Å². The zero-order chi connectivity index (χ0) is 14.6. The molecule has 2 aromatic rings. The zero-order valence-corrected chi connectivity index (χ0v) is 12.5. The topological polar surface area (TPSA) is 35.2 Å². The minimum absolute atomic E-state index is 0.210. The fraction of sp³-hybridized carbons (Fsp3) is 0.333. The third-order valence-electron chi connectivity index (χ3n) is 3.91. The average molecular weight is 269 g/mol. The summed E-state index contributed by atoms with van der Waals surface area (Å²) in [6, 6.07) is 16.2. The number of hydrogen-bond donors (Lipinski definition) is 1. The van der Waals surface area contributed by atoms with Crippen LogP contribution >= 0.6 is 0 Å². The minimum atomic E-state index is 0.210. The predicted octanol–water partition coefficient (Wildman–Crippen LogP) is 4.63. The van der Waals surface area contributed by atoms with Crippen molar-refractivity contribution in [3.05, 3.63) is 59.7 Å². The number of benzene rings is 2. The second-order valence-corrected chi connectivity index (χ2v) is 5.71. The third kappa shape index (κ3) is 3.40. The van der Waals surface area contributed by atoms with Gasteiger partial charge in [-0.15, -0.1) is 0 Å². The van der Waals surface area contributed by atoms with E-state index in [-0.39, 0.29) is 5.41 Å². The molecule has 2 nitrogen and oxygen atoms in total. The molecule has 2 N–H and O–H groups in total. The maximum Gasteiger partial charge on any atom is 0.127 e. The molecule has 0 bridgehead atoms. The van der Waals surface area contributed by atoms with Crippen molar-refractivity contribution in [1.29, 1.82) is 0 Å². The second-order valence-electron chi connectivity index (χ2n) is 5.71. The summed E-state index contributed by atoms with van der Waals surface area (Å²) in [6.45, 7) is 7.29. The molecule has 0 saturated heterocycles. The average Bonchev–Trinajstić information content (AvgIpc) is 2.48. The Kier molecular flexibility index (Phi) is 4.46. The monoisotopic (exact) mass is 269 g/mol. The molecule has 0 aromatic heterocycles. The molecule has 0 unspecified atom stereocenters. The Hall–Kier alpha value is -1.80. The molecule has 0 aliphatic heterocycles. The van der Waals surface area contributed by atoms with Crippen LogP contribution in [0.3, 0.4) is 0 Å². The van der Waals surface area contributed by atoms with Crippen LogP contribution in [0.15, 0.2) is 48.5 Å². The van der Waals surface area contributed by atoms with E-state index in [2.05, 4.69) is 32.9 Å². The van der Waals surface area contributed by atoms with E-state index in [0.717, 1.165) is 23.5 Å². The molecule has 0 saturated carbocycles. The predicted molar refractivity (Wildman–Crippen MR) is 84.2 cm³/mol. The highest BCUT2D eigenvalue weighted by Gasteiger charge is 2.17. The minimum Gasteiger partial charge on any atom is -0.457 e. The fourth-order valence-electron chi connectivity index (χ4n) is 2.01. The van der Waals surface area contributed by atoms with E-state index in [1.807, 2.05) is 36.4 Å².